The van der Waals surface area contributed by atoms with Crippen LogP contribution in [0.1, 0.15) is 58.4 Å². The molecule has 3 atom stereocenters. The Morgan fingerprint density at radius 3 is 2.41 bits per heavy atom. The Morgan fingerprint density at radius 1 is 1.12 bits per heavy atom. The molecule has 8 heteroatoms. The van der Waals surface area contributed by atoms with Gasteiger partial charge in [0, 0.05) is 19.0 Å². The molecule has 0 unspecified atom stereocenters. The lowest BCUT2D eigenvalue weighted by Gasteiger charge is -2.40. The van der Waals surface area contributed by atoms with E-state index in [1.54, 1.807) is 13.8 Å². The topological polar surface area (TPSA) is 72.9 Å². The molecule has 0 aliphatic carbocycles. The minimum atomic E-state index is -1.04. The minimum Gasteiger partial charge on any atom is -0.466 e. The lowest BCUT2D eigenvalue weighted by atomic mass is 9.78. The molecule has 0 N–H and O–H groups in total. The Balaban J connectivity index is 2.32. The SMILES string of the molecule is CCOC(=O)C[C@@H](CN1CCC[C@@](C)(C(=O)OCC)C1)[C@H](C(C)=O)c1ccc(F)c(F)c1. The largest absolute Gasteiger partial charge is 0.466 e. The molecule has 1 aliphatic heterocycles. The average Bonchev–Trinajstić information content (AvgIpc) is 2.71. The molecular formula is C24H33F2NO5. The molecule has 0 amide bonds. The van der Waals surface area contributed by atoms with E-state index in [1.807, 2.05) is 11.8 Å². The van der Waals surface area contributed by atoms with Crippen LogP contribution in [0.5, 0.6) is 0 Å². The number of rotatable bonds is 10. The predicted molar refractivity (Wildman–Crippen MR) is 115 cm³/mol. The fraction of sp³-hybridized carbons (Fsp3) is 0.625. The van der Waals surface area contributed by atoms with Crippen LogP contribution < -0.4 is 0 Å². The van der Waals surface area contributed by atoms with Crippen LogP contribution in [0.2, 0.25) is 0 Å². The summed E-state index contributed by atoms with van der Waals surface area (Å²) in [5, 5.41) is 0. The number of carbonyl (C=O) groups is 3. The number of Topliss-reactive ketones (excluding diaryl/α,β-unsaturated/α-hetero) is 1. The number of likely N-dealkylation sites (tertiary alicyclic amines) is 1. The molecule has 0 radical (unpaired) electrons. The molecule has 0 aromatic heterocycles. The molecule has 1 aromatic carbocycles. The number of carbonyl (C=O) groups excluding carboxylic acids is 3. The average molecular weight is 454 g/mol. The summed E-state index contributed by atoms with van der Waals surface area (Å²) in [5.41, 5.74) is -0.368. The van der Waals surface area contributed by atoms with Gasteiger partial charge in [0.25, 0.3) is 0 Å². The Labute approximate surface area is 188 Å². The van der Waals surface area contributed by atoms with Crippen molar-refractivity contribution in [1.29, 1.82) is 0 Å². The number of benzene rings is 1. The van der Waals surface area contributed by atoms with E-state index in [-0.39, 0.29) is 24.8 Å². The van der Waals surface area contributed by atoms with Gasteiger partial charge in [-0.1, -0.05) is 6.07 Å². The van der Waals surface area contributed by atoms with E-state index in [2.05, 4.69) is 0 Å². The van der Waals surface area contributed by atoms with Crippen molar-refractivity contribution < 1.29 is 32.6 Å². The highest BCUT2D eigenvalue weighted by molar-refractivity contribution is 5.84. The van der Waals surface area contributed by atoms with Gasteiger partial charge in [-0.05, 0) is 70.7 Å². The third-order valence-corrected chi connectivity index (χ3v) is 5.98. The summed E-state index contributed by atoms with van der Waals surface area (Å²) in [6.45, 7) is 8.63. The van der Waals surface area contributed by atoms with Gasteiger partial charge in [-0.3, -0.25) is 14.4 Å². The molecule has 1 aliphatic rings. The standard InChI is InChI=1S/C24H33F2NO5/c1-5-31-21(29)13-18(22(16(3)28)17-8-9-19(25)20(26)12-17)14-27-11-7-10-24(4,15-27)23(30)32-6-2/h8-9,12,18,22H,5-7,10-11,13-15H2,1-4H3/t18-,22+,24+/m0/s1. The quantitative estimate of drug-likeness (QED) is 0.501. The molecule has 0 spiro atoms. The molecule has 178 valence electrons. The highest BCUT2D eigenvalue weighted by Gasteiger charge is 2.41. The van der Waals surface area contributed by atoms with Crippen molar-refractivity contribution in [1.82, 2.24) is 4.90 Å². The van der Waals surface area contributed by atoms with Crippen LogP contribution in [0.25, 0.3) is 0 Å². The second-order valence-electron chi connectivity index (χ2n) is 8.65. The van der Waals surface area contributed by atoms with Crippen molar-refractivity contribution in [3.05, 3.63) is 35.4 Å². The summed E-state index contributed by atoms with van der Waals surface area (Å²) in [6.07, 6.45) is 1.39. The van der Waals surface area contributed by atoms with Gasteiger partial charge in [0.1, 0.15) is 5.78 Å². The monoisotopic (exact) mass is 453 g/mol. The lowest BCUT2D eigenvalue weighted by molar-refractivity contribution is -0.158. The van der Waals surface area contributed by atoms with Crippen LogP contribution in [0.4, 0.5) is 8.78 Å². The smallest absolute Gasteiger partial charge is 0.313 e. The maximum atomic E-state index is 13.9. The Bertz CT molecular complexity index is 831. The molecule has 2 rings (SSSR count). The molecule has 0 bridgehead atoms. The van der Waals surface area contributed by atoms with E-state index >= 15 is 0 Å². The van der Waals surface area contributed by atoms with E-state index in [0.717, 1.165) is 18.6 Å². The van der Waals surface area contributed by atoms with Gasteiger partial charge >= 0.3 is 11.9 Å². The van der Waals surface area contributed by atoms with Crippen molar-refractivity contribution in [3.63, 3.8) is 0 Å². The number of ether oxygens (including phenoxy) is 2. The van der Waals surface area contributed by atoms with Gasteiger partial charge in [-0.15, -0.1) is 0 Å². The third-order valence-electron chi connectivity index (χ3n) is 5.98. The normalized spacial score (nSPS) is 20.9. The van der Waals surface area contributed by atoms with Crippen LogP contribution in [0.15, 0.2) is 18.2 Å². The van der Waals surface area contributed by atoms with E-state index < -0.39 is 34.9 Å². The van der Waals surface area contributed by atoms with E-state index in [1.165, 1.54) is 13.0 Å². The number of piperidine rings is 1. The number of halogens is 2. The number of hydrogen-bond acceptors (Lipinski definition) is 6. The zero-order valence-electron chi connectivity index (χ0n) is 19.3. The molecule has 1 saturated heterocycles. The maximum Gasteiger partial charge on any atom is 0.313 e. The maximum absolute atomic E-state index is 13.9. The summed E-state index contributed by atoms with van der Waals surface area (Å²) in [4.78, 5) is 39.5. The third kappa shape index (κ3) is 6.58. The van der Waals surface area contributed by atoms with Gasteiger partial charge in [0.2, 0.25) is 0 Å². The summed E-state index contributed by atoms with van der Waals surface area (Å²) in [7, 11) is 0. The first-order chi connectivity index (χ1) is 15.1. The second-order valence-corrected chi connectivity index (χ2v) is 8.65. The van der Waals surface area contributed by atoms with E-state index in [4.69, 9.17) is 9.47 Å². The number of ketones is 1. The molecule has 1 heterocycles. The number of esters is 2. The van der Waals surface area contributed by atoms with Crippen molar-refractivity contribution >= 4 is 17.7 Å². The first kappa shape index (κ1) is 25.9. The number of nitrogens with zero attached hydrogens (tertiary/aromatic N) is 1. The predicted octanol–water partition coefficient (Wildman–Crippen LogP) is 3.87. The molecular weight excluding hydrogens is 420 g/mol. The van der Waals surface area contributed by atoms with Gasteiger partial charge < -0.3 is 14.4 Å². The molecule has 0 saturated carbocycles. The lowest BCUT2D eigenvalue weighted by Crippen LogP contribution is -2.49. The summed E-state index contributed by atoms with van der Waals surface area (Å²) < 4.78 is 37.8. The van der Waals surface area contributed by atoms with Gasteiger partial charge in [-0.25, -0.2) is 8.78 Å². The van der Waals surface area contributed by atoms with Crippen molar-refractivity contribution in [3.8, 4) is 0 Å². The fourth-order valence-corrected chi connectivity index (χ4v) is 4.57. The van der Waals surface area contributed by atoms with Crippen LogP contribution in [-0.2, 0) is 23.9 Å². The van der Waals surface area contributed by atoms with Gasteiger partial charge in [0.15, 0.2) is 11.6 Å². The van der Waals surface area contributed by atoms with Crippen molar-refractivity contribution in [2.75, 3.05) is 32.8 Å². The van der Waals surface area contributed by atoms with Crippen LogP contribution >= 0.6 is 0 Å². The Hall–Kier alpha value is -2.35. The fourth-order valence-electron chi connectivity index (χ4n) is 4.57. The van der Waals surface area contributed by atoms with Crippen molar-refractivity contribution in [2.24, 2.45) is 11.3 Å². The number of hydrogen-bond donors (Lipinski definition) is 0. The molecule has 1 fully saturated rings. The minimum absolute atomic E-state index is 0.0519. The first-order valence-electron chi connectivity index (χ1n) is 11.1. The zero-order chi connectivity index (χ0) is 23.9. The van der Waals surface area contributed by atoms with Crippen LogP contribution in [0, 0.1) is 23.0 Å². The Kier molecular flexibility index (Phi) is 9.31. The first-order valence-corrected chi connectivity index (χ1v) is 11.1. The van der Waals surface area contributed by atoms with Crippen LogP contribution in [0.3, 0.4) is 0 Å². The van der Waals surface area contributed by atoms with E-state index in [9.17, 15) is 23.2 Å². The molecule has 6 nitrogen and oxygen atoms in total. The van der Waals surface area contributed by atoms with Gasteiger partial charge in [0.05, 0.1) is 25.0 Å². The van der Waals surface area contributed by atoms with Crippen molar-refractivity contribution in [2.45, 2.75) is 52.9 Å². The second kappa shape index (κ2) is 11.5. The summed E-state index contributed by atoms with van der Waals surface area (Å²) in [5.74, 6) is -4.37. The highest BCUT2D eigenvalue weighted by atomic mass is 19.2. The summed E-state index contributed by atoms with van der Waals surface area (Å²) in [6, 6.07) is 3.38. The summed E-state index contributed by atoms with van der Waals surface area (Å²) >= 11 is 0. The zero-order valence-corrected chi connectivity index (χ0v) is 19.3. The van der Waals surface area contributed by atoms with Gasteiger partial charge in [-0.2, -0.15) is 0 Å². The van der Waals surface area contributed by atoms with E-state index in [0.29, 0.717) is 38.2 Å². The Morgan fingerprint density at radius 2 is 1.81 bits per heavy atom. The molecule has 1 aromatic rings. The highest BCUT2D eigenvalue weighted by Crippen LogP contribution is 2.35. The van der Waals surface area contributed by atoms with Crippen LogP contribution in [-0.4, -0.2) is 55.5 Å². The molecule has 32 heavy (non-hydrogen) atoms.